The van der Waals surface area contributed by atoms with E-state index in [0.29, 0.717) is 18.9 Å². The number of fused-ring (bicyclic) bond motifs is 1. The van der Waals surface area contributed by atoms with Crippen molar-refractivity contribution in [2.24, 2.45) is 12.0 Å². The van der Waals surface area contributed by atoms with Gasteiger partial charge in [-0.2, -0.15) is 0 Å². The predicted molar refractivity (Wildman–Crippen MR) is 59.8 cm³/mol. The molecule has 0 fully saturated rings. The molecule has 2 N–H and O–H groups in total. The van der Waals surface area contributed by atoms with Crippen LogP contribution in [-0.2, 0) is 7.05 Å². The Labute approximate surface area is 90.7 Å². The van der Waals surface area contributed by atoms with Crippen LogP contribution >= 0.6 is 0 Å². The van der Waals surface area contributed by atoms with Gasteiger partial charge in [-0.05, 0) is 0 Å². The highest BCUT2D eigenvalue weighted by molar-refractivity contribution is 5.78. The van der Waals surface area contributed by atoms with Crippen LogP contribution in [0.4, 0.5) is 11.5 Å². The van der Waals surface area contributed by atoms with Gasteiger partial charge in [-0.3, -0.25) is 14.3 Å². The van der Waals surface area contributed by atoms with Crippen molar-refractivity contribution in [3.8, 4) is 0 Å². The third-order valence-electron chi connectivity index (χ3n) is 2.47. The van der Waals surface area contributed by atoms with Crippen molar-refractivity contribution in [2.75, 3.05) is 24.6 Å². The lowest BCUT2D eigenvalue weighted by Crippen LogP contribution is -2.39. The van der Waals surface area contributed by atoms with Crippen molar-refractivity contribution in [2.45, 2.75) is 0 Å². The second-order valence-corrected chi connectivity index (χ2v) is 3.47. The molecule has 7 nitrogen and oxygen atoms in total. The van der Waals surface area contributed by atoms with Gasteiger partial charge in [-0.15, -0.1) is 0 Å². The minimum absolute atomic E-state index is 0.0511. The molecular formula is C9H12N4O3. The predicted octanol–water partition coefficient (Wildman–Crippen LogP) is -1.41. The van der Waals surface area contributed by atoms with Crippen LogP contribution in [0.3, 0.4) is 0 Å². The van der Waals surface area contributed by atoms with E-state index < -0.39 is 11.2 Å². The molecule has 0 saturated heterocycles. The summed E-state index contributed by atoms with van der Waals surface area (Å²) in [6.45, 7) is 0.767. The molecule has 1 aromatic rings. The van der Waals surface area contributed by atoms with Gasteiger partial charge in [0.2, 0.25) is 0 Å². The molecule has 0 atom stereocenters. The van der Waals surface area contributed by atoms with Gasteiger partial charge in [0.25, 0.3) is 5.56 Å². The van der Waals surface area contributed by atoms with Crippen LogP contribution in [0, 0.1) is 0 Å². The van der Waals surface area contributed by atoms with Gasteiger partial charge in [-0.1, -0.05) is 0 Å². The van der Waals surface area contributed by atoms with Gasteiger partial charge in [0.1, 0.15) is 5.82 Å². The first kappa shape index (κ1) is 10.6. The van der Waals surface area contributed by atoms with Crippen molar-refractivity contribution >= 4 is 17.7 Å². The van der Waals surface area contributed by atoms with Crippen molar-refractivity contribution in [1.82, 2.24) is 9.55 Å². The average Bonchev–Trinajstić information content (AvgIpc) is 2.28. The number of hydrogen-bond donors (Lipinski definition) is 2. The molecular weight excluding hydrogens is 212 g/mol. The number of aliphatic imine (C=N–C) groups is 1. The molecule has 0 aliphatic carbocycles. The van der Waals surface area contributed by atoms with E-state index >= 15 is 0 Å². The van der Waals surface area contributed by atoms with Crippen LogP contribution < -0.4 is 16.1 Å². The maximum absolute atomic E-state index is 11.7. The zero-order valence-electron chi connectivity index (χ0n) is 8.80. The van der Waals surface area contributed by atoms with E-state index in [-0.39, 0.29) is 12.3 Å². The monoisotopic (exact) mass is 224 g/mol. The first-order chi connectivity index (χ1) is 7.65. The SMILES string of the molecule is Cn1c(=O)[nH]c2c(c1=O)N=CCN2CCO. The fourth-order valence-corrected chi connectivity index (χ4v) is 1.59. The number of aromatic amines is 1. The van der Waals surface area contributed by atoms with E-state index in [1.54, 1.807) is 11.1 Å². The summed E-state index contributed by atoms with van der Waals surface area (Å²) in [4.78, 5) is 31.4. The van der Waals surface area contributed by atoms with Crippen molar-refractivity contribution in [3.05, 3.63) is 20.8 Å². The average molecular weight is 224 g/mol. The lowest BCUT2D eigenvalue weighted by molar-refractivity contribution is 0.303. The van der Waals surface area contributed by atoms with Crippen LogP contribution in [0.2, 0.25) is 0 Å². The standard InChI is InChI=1S/C9H12N4O3/c1-12-8(15)6-7(11-9(12)16)13(4-5-14)3-2-10-6/h2,14H,3-5H2,1H3,(H,11,16). The van der Waals surface area contributed by atoms with Crippen LogP contribution in [0.25, 0.3) is 0 Å². The minimum atomic E-state index is -0.483. The Bertz CT molecular complexity index is 543. The summed E-state index contributed by atoms with van der Waals surface area (Å²) in [5.41, 5.74) is -0.705. The number of β-amino-alcohol motifs (C(OH)–C–C–N with tert-alkyl or cyclic N) is 1. The number of aromatic nitrogens is 2. The molecule has 0 radical (unpaired) electrons. The molecule has 0 aromatic carbocycles. The highest BCUT2D eigenvalue weighted by Gasteiger charge is 2.19. The molecule has 0 saturated carbocycles. The number of nitrogens with zero attached hydrogens (tertiary/aromatic N) is 3. The second kappa shape index (κ2) is 3.93. The second-order valence-electron chi connectivity index (χ2n) is 3.47. The third kappa shape index (κ3) is 1.54. The van der Waals surface area contributed by atoms with E-state index in [1.165, 1.54) is 7.05 Å². The molecule has 1 aliphatic heterocycles. The van der Waals surface area contributed by atoms with Gasteiger partial charge in [0.05, 0.1) is 13.2 Å². The van der Waals surface area contributed by atoms with Crippen LogP contribution in [0.5, 0.6) is 0 Å². The molecule has 7 heteroatoms. The Morgan fingerprint density at radius 3 is 3.00 bits per heavy atom. The maximum atomic E-state index is 11.7. The van der Waals surface area contributed by atoms with Gasteiger partial charge in [0.15, 0.2) is 5.69 Å². The van der Waals surface area contributed by atoms with E-state index in [1.807, 2.05) is 0 Å². The summed E-state index contributed by atoms with van der Waals surface area (Å²) in [6, 6.07) is 0. The highest BCUT2D eigenvalue weighted by atomic mass is 16.3. The summed E-state index contributed by atoms with van der Waals surface area (Å²) >= 11 is 0. The fraction of sp³-hybridized carbons (Fsp3) is 0.444. The molecule has 16 heavy (non-hydrogen) atoms. The first-order valence-corrected chi connectivity index (χ1v) is 4.87. The number of aliphatic hydroxyl groups is 1. The zero-order valence-corrected chi connectivity index (χ0v) is 8.80. The molecule has 0 spiro atoms. The zero-order chi connectivity index (χ0) is 11.7. The van der Waals surface area contributed by atoms with E-state index in [4.69, 9.17) is 5.11 Å². The van der Waals surface area contributed by atoms with Gasteiger partial charge >= 0.3 is 5.69 Å². The highest BCUT2D eigenvalue weighted by Crippen LogP contribution is 2.22. The lowest BCUT2D eigenvalue weighted by Gasteiger charge is -2.25. The van der Waals surface area contributed by atoms with Crippen molar-refractivity contribution in [1.29, 1.82) is 0 Å². The Kier molecular flexibility index (Phi) is 2.61. The third-order valence-corrected chi connectivity index (χ3v) is 2.47. The topological polar surface area (TPSA) is 90.7 Å². The number of aliphatic hydroxyl groups excluding tert-OH is 1. The smallest absolute Gasteiger partial charge is 0.329 e. The molecule has 86 valence electrons. The summed E-state index contributed by atoms with van der Waals surface area (Å²) < 4.78 is 0.971. The van der Waals surface area contributed by atoms with Crippen LogP contribution in [0.15, 0.2) is 14.6 Å². The first-order valence-electron chi connectivity index (χ1n) is 4.87. The van der Waals surface area contributed by atoms with E-state index in [2.05, 4.69) is 9.98 Å². The summed E-state index contributed by atoms with van der Waals surface area (Å²) in [5.74, 6) is 0.379. The van der Waals surface area contributed by atoms with E-state index in [9.17, 15) is 9.59 Å². The number of H-pyrrole nitrogens is 1. The molecule has 1 aliphatic rings. The molecule has 1 aromatic heterocycles. The molecule has 2 rings (SSSR count). The molecule has 0 amide bonds. The van der Waals surface area contributed by atoms with Crippen LogP contribution in [-0.4, -0.2) is 40.6 Å². The number of nitrogens with one attached hydrogen (secondary N) is 1. The minimum Gasteiger partial charge on any atom is -0.395 e. The molecule has 0 unspecified atom stereocenters. The van der Waals surface area contributed by atoms with E-state index in [0.717, 1.165) is 4.57 Å². The maximum Gasteiger partial charge on any atom is 0.329 e. The Morgan fingerprint density at radius 1 is 1.56 bits per heavy atom. The summed E-state index contributed by atoms with van der Waals surface area (Å²) in [5, 5.41) is 8.88. The fourth-order valence-electron chi connectivity index (χ4n) is 1.59. The Hall–Kier alpha value is -1.89. The summed E-state index contributed by atoms with van der Waals surface area (Å²) in [6.07, 6.45) is 1.58. The van der Waals surface area contributed by atoms with Gasteiger partial charge in [0, 0.05) is 19.8 Å². The largest absolute Gasteiger partial charge is 0.395 e. The number of anilines is 1. The Balaban J connectivity index is 2.63. The van der Waals surface area contributed by atoms with Gasteiger partial charge < -0.3 is 10.0 Å². The van der Waals surface area contributed by atoms with Crippen molar-refractivity contribution in [3.63, 3.8) is 0 Å². The lowest BCUT2D eigenvalue weighted by atomic mass is 10.3. The summed E-state index contributed by atoms with van der Waals surface area (Å²) in [7, 11) is 1.39. The van der Waals surface area contributed by atoms with Crippen LogP contribution in [0.1, 0.15) is 0 Å². The quantitative estimate of drug-likeness (QED) is 0.645. The number of rotatable bonds is 2. The molecule has 0 bridgehead atoms. The van der Waals surface area contributed by atoms with Gasteiger partial charge in [-0.25, -0.2) is 9.79 Å². The number of hydrogen-bond acceptors (Lipinski definition) is 5. The Morgan fingerprint density at radius 2 is 2.31 bits per heavy atom. The van der Waals surface area contributed by atoms with Crippen molar-refractivity contribution < 1.29 is 5.11 Å². The normalized spacial score (nSPS) is 14.0. The molecule has 2 heterocycles.